The minimum Gasteiger partial charge on any atom is -0.493 e. The highest BCUT2D eigenvalue weighted by Gasteiger charge is 2.22. The summed E-state index contributed by atoms with van der Waals surface area (Å²) in [5, 5.41) is 7.22. The average molecular weight is 455 g/mol. The fourth-order valence-corrected chi connectivity index (χ4v) is 4.51. The van der Waals surface area contributed by atoms with Crippen LogP contribution in [0.1, 0.15) is 20.9 Å². The SMILES string of the molecule is COC(=O)c1cn(CCc2sc(-c3ccc(OC)c(OC)c3)nc2C)cc2c(=O)[nH]nc1-2. The number of esters is 1. The number of pyridine rings is 1. The van der Waals surface area contributed by atoms with Crippen LogP contribution < -0.4 is 15.0 Å². The molecule has 0 bridgehead atoms. The number of ether oxygens (including phenoxy) is 3. The van der Waals surface area contributed by atoms with Gasteiger partial charge in [-0.1, -0.05) is 0 Å². The Morgan fingerprint density at radius 1 is 1.16 bits per heavy atom. The lowest BCUT2D eigenvalue weighted by atomic mass is 10.1. The standard InChI is InChI=1S/C22H22N4O5S/c1-12-18(32-21(23-12)13-5-6-16(29-2)17(9-13)30-3)7-8-26-10-14-19(24-25-20(14)27)15(11-26)22(28)31-4/h5-6,9-11H,7-8H2,1-4H3,(H,25,27). The highest BCUT2D eigenvalue weighted by atomic mass is 32.1. The number of benzene rings is 1. The van der Waals surface area contributed by atoms with Crippen LogP contribution in [0.3, 0.4) is 0 Å². The van der Waals surface area contributed by atoms with Gasteiger partial charge in [-0.3, -0.25) is 4.79 Å². The zero-order valence-electron chi connectivity index (χ0n) is 18.1. The van der Waals surface area contributed by atoms with E-state index in [0.717, 1.165) is 21.1 Å². The number of hydrogen-bond acceptors (Lipinski definition) is 8. The minimum atomic E-state index is -0.541. The van der Waals surface area contributed by atoms with Crippen LogP contribution in [-0.4, -0.2) is 47.0 Å². The third-order valence-electron chi connectivity index (χ3n) is 5.14. The molecule has 1 aromatic carbocycles. The Morgan fingerprint density at radius 3 is 2.66 bits per heavy atom. The molecule has 0 radical (unpaired) electrons. The monoisotopic (exact) mass is 454 g/mol. The van der Waals surface area contributed by atoms with E-state index in [2.05, 4.69) is 10.2 Å². The molecule has 0 atom stereocenters. The number of nitrogens with zero attached hydrogens (tertiary/aromatic N) is 3. The van der Waals surface area contributed by atoms with E-state index in [-0.39, 0.29) is 11.1 Å². The number of aromatic nitrogens is 4. The summed E-state index contributed by atoms with van der Waals surface area (Å²) in [6.07, 6.45) is 4.03. The molecule has 0 amide bonds. The zero-order valence-corrected chi connectivity index (χ0v) is 18.9. The van der Waals surface area contributed by atoms with Gasteiger partial charge in [-0.15, -0.1) is 11.3 Å². The number of methoxy groups -OCH3 is 3. The summed E-state index contributed by atoms with van der Waals surface area (Å²) < 4.78 is 17.3. The molecule has 166 valence electrons. The third-order valence-corrected chi connectivity index (χ3v) is 6.41. The predicted molar refractivity (Wildman–Crippen MR) is 120 cm³/mol. The topological polar surface area (TPSA) is 108 Å². The van der Waals surface area contributed by atoms with Gasteiger partial charge in [-0.05, 0) is 25.1 Å². The van der Waals surface area contributed by atoms with E-state index >= 15 is 0 Å². The maximum atomic E-state index is 12.2. The number of nitrogens with one attached hydrogen (secondary N) is 1. The summed E-state index contributed by atoms with van der Waals surface area (Å²) in [7, 11) is 4.50. The number of H-pyrrole nitrogens is 1. The van der Waals surface area contributed by atoms with Crippen molar-refractivity contribution in [3.8, 4) is 33.3 Å². The van der Waals surface area contributed by atoms with E-state index in [1.165, 1.54) is 7.11 Å². The zero-order chi connectivity index (χ0) is 22.8. The fourth-order valence-electron chi connectivity index (χ4n) is 3.46. The van der Waals surface area contributed by atoms with Crippen LogP contribution >= 0.6 is 11.3 Å². The maximum absolute atomic E-state index is 12.2. The quantitative estimate of drug-likeness (QED) is 0.427. The van der Waals surface area contributed by atoms with E-state index in [1.807, 2.05) is 25.1 Å². The van der Waals surface area contributed by atoms with Gasteiger partial charge < -0.3 is 18.8 Å². The molecule has 0 unspecified atom stereocenters. The number of fused-ring (bicyclic) bond motifs is 1. The van der Waals surface area contributed by atoms with Crippen LogP contribution in [0.15, 0.2) is 35.4 Å². The minimum absolute atomic E-state index is 0.246. The second kappa shape index (κ2) is 8.83. The van der Waals surface area contributed by atoms with E-state index in [0.29, 0.717) is 35.7 Å². The lowest BCUT2D eigenvalue weighted by molar-refractivity contribution is 0.0600. The smallest absolute Gasteiger partial charge is 0.341 e. The second-order valence-electron chi connectivity index (χ2n) is 7.06. The van der Waals surface area contributed by atoms with Crippen molar-refractivity contribution >= 4 is 17.3 Å². The molecule has 32 heavy (non-hydrogen) atoms. The van der Waals surface area contributed by atoms with Crippen LogP contribution in [0.5, 0.6) is 11.5 Å². The third kappa shape index (κ3) is 3.96. The van der Waals surface area contributed by atoms with Crippen LogP contribution in [-0.2, 0) is 17.7 Å². The molecule has 0 aliphatic carbocycles. The normalized spacial score (nSPS) is 11.0. The van der Waals surface area contributed by atoms with E-state index in [1.54, 1.807) is 42.5 Å². The molecule has 1 aromatic heterocycles. The van der Waals surface area contributed by atoms with Crippen molar-refractivity contribution in [2.75, 3.05) is 21.3 Å². The highest BCUT2D eigenvalue weighted by molar-refractivity contribution is 7.15. The molecule has 2 aliphatic rings. The molecular weight excluding hydrogens is 432 g/mol. The highest BCUT2D eigenvalue weighted by Crippen LogP contribution is 2.35. The van der Waals surface area contributed by atoms with Gasteiger partial charge in [0, 0.05) is 35.8 Å². The first kappa shape index (κ1) is 21.6. The average Bonchev–Trinajstić information content (AvgIpc) is 3.38. The van der Waals surface area contributed by atoms with Crippen molar-refractivity contribution in [2.45, 2.75) is 19.9 Å². The van der Waals surface area contributed by atoms with Gasteiger partial charge >= 0.3 is 5.97 Å². The number of carbonyl (C=O) groups excluding carboxylic acids is 1. The Balaban J connectivity index is 1.60. The van der Waals surface area contributed by atoms with Crippen molar-refractivity contribution in [3.63, 3.8) is 0 Å². The second-order valence-corrected chi connectivity index (χ2v) is 8.15. The van der Waals surface area contributed by atoms with Gasteiger partial charge in [-0.2, -0.15) is 5.10 Å². The first-order valence-corrected chi connectivity index (χ1v) is 10.6. The van der Waals surface area contributed by atoms with Crippen LogP contribution in [0.4, 0.5) is 0 Å². The Bertz CT molecular complexity index is 1310. The number of aromatic amines is 1. The number of carbonyl (C=O) groups is 1. The summed E-state index contributed by atoms with van der Waals surface area (Å²) in [4.78, 5) is 30.0. The van der Waals surface area contributed by atoms with Gasteiger partial charge in [0.15, 0.2) is 11.5 Å². The predicted octanol–water partition coefficient (Wildman–Crippen LogP) is 3.15. The largest absolute Gasteiger partial charge is 0.493 e. The molecule has 3 heterocycles. The van der Waals surface area contributed by atoms with Crippen LogP contribution in [0.2, 0.25) is 0 Å². The van der Waals surface area contributed by atoms with Gasteiger partial charge in [0.05, 0.1) is 32.6 Å². The molecule has 0 saturated carbocycles. The molecule has 0 fully saturated rings. The molecule has 0 spiro atoms. The molecule has 2 aromatic rings. The van der Waals surface area contributed by atoms with Crippen LogP contribution in [0, 0.1) is 6.92 Å². The Morgan fingerprint density at radius 2 is 1.94 bits per heavy atom. The van der Waals surface area contributed by atoms with Gasteiger partial charge in [-0.25, -0.2) is 14.9 Å². The summed E-state index contributed by atoms with van der Waals surface area (Å²) in [5.74, 6) is 0.766. The van der Waals surface area contributed by atoms with Crippen molar-refractivity contribution in [1.82, 2.24) is 19.7 Å². The molecule has 1 N–H and O–H groups in total. The van der Waals surface area contributed by atoms with E-state index in [9.17, 15) is 9.59 Å². The maximum Gasteiger partial charge on any atom is 0.341 e. The van der Waals surface area contributed by atoms with Crippen molar-refractivity contribution in [2.24, 2.45) is 0 Å². The molecule has 10 heteroatoms. The first-order chi connectivity index (χ1) is 15.4. The van der Waals surface area contributed by atoms with Gasteiger partial charge in [0.2, 0.25) is 0 Å². The Labute approximate surface area is 187 Å². The molecule has 4 rings (SSSR count). The first-order valence-electron chi connectivity index (χ1n) is 9.80. The van der Waals surface area contributed by atoms with Crippen molar-refractivity contribution in [3.05, 3.63) is 57.1 Å². The Hall–Kier alpha value is -3.66. The van der Waals surface area contributed by atoms with Crippen molar-refractivity contribution < 1.29 is 19.0 Å². The lowest BCUT2D eigenvalue weighted by Crippen LogP contribution is -2.12. The Kier molecular flexibility index (Phi) is 5.95. The molecule has 9 nitrogen and oxygen atoms in total. The fraction of sp³-hybridized carbons (Fsp3) is 0.273. The van der Waals surface area contributed by atoms with E-state index < -0.39 is 5.97 Å². The summed E-state index contributed by atoms with van der Waals surface area (Å²) in [5.41, 5.74) is 2.43. The molecule has 2 aliphatic heterocycles. The summed E-state index contributed by atoms with van der Waals surface area (Å²) in [6, 6.07) is 5.71. The van der Waals surface area contributed by atoms with E-state index in [4.69, 9.17) is 19.2 Å². The molecule has 0 saturated heterocycles. The van der Waals surface area contributed by atoms with Crippen molar-refractivity contribution in [1.29, 1.82) is 0 Å². The number of hydrogen-bond donors (Lipinski definition) is 1. The summed E-state index contributed by atoms with van der Waals surface area (Å²) >= 11 is 1.60. The lowest BCUT2D eigenvalue weighted by Gasteiger charge is -2.11. The van der Waals surface area contributed by atoms with Gasteiger partial charge in [0.25, 0.3) is 5.56 Å². The number of rotatable bonds is 7. The van der Waals surface area contributed by atoms with Crippen LogP contribution in [0.25, 0.3) is 21.8 Å². The summed E-state index contributed by atoms with van der Waals surface area (Å²) in [6.45, 7) is 2.52. The van der Waals surface area contributed by atoms with Gasteiger partial charge in [0.1, 0.15) is 16.3 Å². The molecular formula is C22H22N4O5S. The number of aryl methyl sites for hydroxylation is 3. The number of thiazole rings is 1.